The number of benzene rings is 3. The highest BCUT2D eigenvalue weighted by Crippen LogP contribution is 2.56. The Morgan fingerprint density at radius 2 is 1.20 bits per heavy atom. The van der Waals surface area contributed by atoms with E-state index < -0.39 is 0 Å². The van der Waals surface area contributed by atoms with Crippen LogP contribution < -0.4 is 0 Å². The maximum atomic E-state index is 3.76. The van der Waals surface area contributed by atoms with Gasteiger partial charge in [0.05, 0.1) is 0 Å². The molecule has 0 spiro atoms. The van der Waals surface area contributed by atoms with Crippen molar-refractivity contribution >= 4 is 31.9 Å². The van der Waals surface area contributed by atoms with Crippen LogP contribution in [0.2, 0.25) is 0 Å². The summed E-state index contributed by atoms with van der Waals surface area (Å²) in [5, 5.41) is 0. The summed E-state index contributed by atoms with van der Waals surface area (Å²) < 4.78 is 2.32. The van der Waals surface area contributed by atoms with E-state index in [2.05, 4.69) is 106 Å². The van der Waals surface area contributed by atoms with Crippen LogP contribution in [-0.2, 0) is 5.41 Å². The van der Waals surface area contributed by atoms with Crippen molar-refractivity contribution in [1.82, 2.24) is 0 Å². The monoisotopic (exact) mass is 524 g/mol. The van der Waals surface area contributed by atoms with Gasteiger partial charge in [-0.25, -0.2) is 0 Å². The molecular formula is C28H30Br2. The maximum absolute atomic E-state index is 3.76. The number of halogens is 2. The topological polar surface area (TPSA) is 0 Å². The first-order valence-electron chi connectivity index (χ1n) is 11.2. The third-order valence-electron chi connectivity index (χ3n) is 6.62. The Kier molecular flexibility index (Phi) is 6.85. The van der Waals surface area contributed by atoms with Crippen LogP contribution in [0.4, 0.5) is 0 Å². The highest BCUT2D eigenvalue weighted by atomic mass is 79.9. The Hall–Kier alpha value is -1.38. The van der Waals surface area contributed by atoms with E-state index in [4.69, 9.17) is 0 Å². The van der Waals surface area contributed by atoms with Gasteiger partial charge in [0, 0.05) is 14.4 Å². The second-order valence-corrected chi connectivity index (χ2v) is 10.5. The quantitative estimate of drug-likeness (QED) is 0.257. The average molecular weight is 526 g/mol. The zero-order chi connectivity index (χ0) is 21.1. The van der Waals surface area contributed by atoms with E-state index in [1.54, 1.807) is 0 Å². The normalized spacial score (nSPS) is 13.9. The first-order valence-corrected chi connectivity index (χ1v) is 12.8. The molecule has 30 heavy (non-hydrogen) atoms. The molecule has 0 heterocycles. The fraction of sp³-hybridized carbons (Fsp3) is 0.357. The van der Waals surface area contributed by atoms with Crippen molar-refractivity contribution in [3.8, 4) is 11.1 Å². The summed E-state index contributed by atoms with van der Waals surface area (Å²) in [6.45, 7) is 4.46. The Morgan fingerprint density at radius 1 is 0.667 bits per heavy atom. The van der Waals surface area contributed by atoms with Crippen molar-refractivity contribution in [2.24, 2.45) is 0 Å². The van der Waals surface area contributed by atoms with Gasteiger partial charge in [0.1, 0.15) is 0 Å². The van der Waals surface area contributed by atoms with Crippen LogP contribution in [0.5, 0.6) is 0 Å². The molecule has 0 aliphatic heterocycles. The zero-order valence-corrected chi connectivity index (χ0v) is 21.2. The van der Waals surface area contributed by atoms with E-state index >= 15 is 0 Å². The first kappa shape index (κ1) is 21.8. The molecule has 3 aromatic carbocycles. The maximum Gasteiger partial charge on any atom is 0.0464 e. The summed E-state index contributed by atoms with van der Waals surface area (Å²) >= 11 is 7.52. The van der Waals surface area contributed by atoms with Gasteiger partial charge >= 0.3 is 0 Å². The van der Waals surface area contributed by atoms with Gasteiger partial charge in [-0.15, -0.1) is 0 Å². The number of hydrogen-bond acceptors (Lipinski definition) is 0. The van der Waals surface area contributed by atoms with Crippen LogP contribution in [-0.4, -0.2) is 0 Å². The number of aryl methyl sites for hydroxylation is 1. The molecule has 0 saturated carbocycles. The fourth-order valence-corrected chi connectivity index (χ4v) is 5.81. The average Bonchev–Trinajstić information content (AvgIpc) is 3.00. The summed E-state index contributed by atoms with van der Waals surface area (Å²) in [6, 6.07) is 22.9. The fourth-order valence-electron chi connectivity index (χ4n) is 5.09. The molecule has 0 bridgehead atoms. The van der Waals surface area contributed by atoms with Gasteiger partial charge in [0.2, 0.25) is 0 Å². The van der Waals surface area contributed by atoms with Crippen LogP contribution in [0.3, 0.4) is 0 Å². The summed E-state index contributed by atoms with van der Waals surface area (Å²) in [7, 11) is 0. The van der Waals surface area contributed by atoms with E-state index in [1.165, 1.54) is 71.9 Å². The molecular weight excluding hydrogens is 496 g/mol. The molecule has 0 saturated heterocycles. The smallest absolute Gasteiger partial charge is 0.0464 e. The van der Waals surface area contributed by atoms with Gasteiger partial charge in [-0.05, 0) is 65.4 Å². The Balaban J connectivity index is 1.83. The first-order chi connectivity index (χ1) is 14.6. The number of rotatable bonds is 8. The molecule has 0 nitrogen and oxygen atoms in total. The number of fused-ring (bicyclic) bond motifs is 3. The van der Waals surface area contributed by atoms with Crippen LogP contribution in [0.25, 0.3) is 11.1 Å². The van der Waals surface area contributed by atoms with Gasteiger partial charge in [0.25, 0.3) is 0 Å². The predicted octanol–water partition coefficient (Wildman–Crippen LogP) is 9.59. The third-order valence-corrected chi connectivity index (χ3v) is 7.61. The molecule has 0 fully saturated rings. The Morgan fingerprint density at radius 3 is 1.77 bits per heavy atom. The molecule has 1 aliphatic carbocycles. The van der Waals surface area contributed by atoms with Crippen molar-refractivity contribution in [3.05, 3.63) is 91.9 Å². The predicted molar refractivity (Wildman–Crippen MR) is 136 cm³/mol. The molecule has 2 heteroatoms. The van der Waals surface area contributed by atoms with E-state index in [0.717, 1.165) is 15.4 Å². The standard InChI is InChI=1S/C28H30Br2/c1-3-4-5-6-7-8-17-28(21-11-9-20(2)10-12-21)26-18-22(29)13-15-24(26)25-16-14-23(30)19-27(25)28/h9-16,18-19H,3-8,17H2,1-2H3. The van der Waals surface area contributed by atoms with Crippen LogP contribution in [0.1, 0.15) is 74.1 Å². The molecule has 0 aromatic heterocycles. The highest BCUT2D eigenvalue weighted by molar-refractivity contribution is 9.10. The van der Waals surface area contributed by atoms with E-state index in [1.807, 2.05) is 0 Å². The lowest BCUT2D eigenvalue weighted by molar-refractivity contribution is 0.506. The summed E-state index contributed by atoms with van der Waals surface area (Å²) in [5.74, 6) is 0. The second-order valence-electron chi connectivity index (χ2n) is 8.67. The molecule has 3 aromatic rings. The minimum atomic E-state index is -0.0866. The second kappa shape index (κ2) is 9.40. The Bertz CT molecular complexity index is 966. The molecule has 0 N–H and O–H groups in total. The lowest BCUT2D eigenvalue weighted by Crippen LogP contribution is -2.27. The SMILES string of the molecule is CCCCCCCCC1(c2ccc(C)cc2)c2cc(Br)ccc2-c2ccc(Br)cc21. The molecule has 0 atom stereocenters. The lowest BCUT2D eigenvalue weighted by Gasteiger charge is -2.33. The van der Waals surface area contributed by atoms with Crippen molar-refractivity contribution < 1.29 is 0 Å². The molecule has 4 rings (SSSR count). The largest absolute Gasteiger partial charge is 0.0654 e. The van der Waals surface area contributed by atoms with Gasteiger partial charge in [-0.3, -0.25) is 0 Å². The van der Waals surface area contributed by atoms with Crippen molar-refractivity contribution in [1.29, 1.82) is 0 Å². The van der Waals surface area contributed by atoms with Crippen LogP contribution in [0, 0.1) is 6.92 Å². The summed E-state index contributed by atoms with van der Waals surface area (Å²) in [5.41, 5.74) is 8.30. The number of unbranched alkanes of at least 4 members (excludes halogenated alkanes) is 5. The Labute approximate surface area is 198 Å². The number of hydrogen-bond donors (Lipinski definition) is 0. The minimum absolute atomic E-state index is 0.0866. The van der Waals surface area contributed by atoms with E-state index in [9.17, 15) is 0 Å². The van der Waals surface area contributed by atoms with Gasteiger partial charge in [-0.1, -0.05) is 119 Å². The summed E-state index contributed by atoms with van der Waals surface area (Å²) in [6.07, 6.45) is 9.06. The van der Waals surface area contributed by atoms with Gasteiger partial charge in [-0.2, -0.15) is 0 Å². The summed E-state index contributed by atoms with van der Waals surface area (Å²) in [4.78, 5) is 0. The van der Waals surface area contributed by atoms with Crippen LogP contribution in [0.15, 0.2) is 69.6 Å². The van der Waals surface area contributed by atoms with Crippen molar-refractivity contribution in [3.63, 3.8) is 0 Å². The lowest BCUT2D eigenvalue weighted by atomic mass is 9.69. The molecule has 0 unspecified atom stereocenters. The minimum Gasteiger partial charge on any atom is -0.0654 e. The van der Waals surface area contributed by atoms with Gasteiger partial charge < -0.3 is 0 Å². The molecule has 0 radical (unpaired) electrons. The zero-order valence-electron chi connectivity index (χ0n) is 18.0. The van der Waals surface area contributed by atoms with Crippen molar-refractivity contribution in [2.75, 3.05) is 0 Å². The molecule has 0 amide bonds. The third kappa shape index (κ3) is 4.06. The molecule has 156 valence electrons. The van der Waals surface area contributed by atoms with Gasteiger partial charge in [0.15, 0.2) is 0 Å². The highest BCUT2D eigenvalue weighted by Gasteiger charge is 2.44. The molecule has 1 aliphatic rings. The van der Waals surface area contributed by atoms with E-state index in [0.29, 0.717) is 0 Å². The van der Waals surface area contributed by atoms with Crippen LogP contribution >= 0.6 is 31.9 Å². The van der Waals surface area contributed by atoms with Crippen molar-refractivity contribution in [2.45, 2.75) is 64.2 Å². The van der Waals surface area contributed by atoms with E-state index in [-0.39, 0.29) is 5.41 Å².